The number of nitrogens with zero attached hydrogens (tertiary/aromatic N) is 3. The van der Waals surface area contributed by atoms with Crippen molar-refractivity contribution >= 4 is 5.91 Å². The van der Waals surface area contributed by atoms with Crippen LogP contribution in [0, 0.1) is 5.82 Å². The molecule has 1 fully saturated rings. The second-order valence-electron chi connectivity index (χ2n) is 6.04. The molecule has 7 nitrogen and oxygen atoms in total. The van der Waals surface area contributed by atoms with Crippen LogP contribution in [-0.2, 0) is 0 Å². The molecule has 0 aliphatic heterocycles. The third kappa shape index (κ3) is 4.65. The molecule has 1 saturated carbocycles. The molecule has 0 radical (unpaired) electrons. The summed E-state index contributed by atoms with van der Waals surface area (Å²) < 4.78 is 23.9. The quantitative estimate of drug-likeness (QED) is 0.852. The summed E-state index contributed by atoms with van der Waals surface area (Å²) in [4.78, 5) is 24.2. The smallest absolute Gasteiger partial charge is 0.316 e. The Morgan fingerprint density at radius 1 is 1.23 bits per heavy atom. The molecule has 0 atom stereocenters. The highest BCUT2D eigenvalue weighted by molar-refractivity contribution is 5.96. The van der Waals surface area contributed by atoms with Gasteiger partial charge in [-0.1, -0.05) is 0 Å². The molecular weight excluding hydrogens is 339 g/mol. The minimum Gasteiger partial charge on any atom is -0.477 e. The fraction of sp³-hybridized carbons (Fsp3) is 0.444. The van der Waals surface area contributed by atoms with Crippen LogP contribution in [0.5, 0.6) is 11.9 Å². The summed E-state index contributed by atoms with van der Waals surface area (Å²) in [5.41, 5.74) is 0.437. The van der Waals surface area contributed by atoms with Crippen molar-refractivity contribution in [2.24, 2.45) is 0 Å². The number of hydrogen-bond acceptors (Lipinski definition) is 6. The van der Waals surface area contributed by atoms with Gasteiger partial charge in [0.05, 0.1) is 19.0 Å². The van der Waals surface area contributed by atoms with Gasteiger partial charge in [-0.05, 0) is 44.7 Å². The van der Waals surface area contributed by atoms with Crippen LogP contribution in [0.3, 0.4) is 0 Å². The molecule has 0 unspecified atom stereocenters. The topological polar surface area (TPSA) is 86.2 Å². The third-order valence-corrected chi connectivity index (χ3v) is 4.17. The van der Waals surface area contributed by atoms with E-state index >= 15 is 0 Å². The Kier molecular flexibility index (Phi) is 5.93. The highest BCUT2D eigenvalue weighted by Crippen LogP contribution is 2.23. The zero-order valence-electron chi connectivity index (χ0n) is 14.5. The van der Waals surface area contributed by atoms with Crippen LogP contribution in [0.4, 0.5) is 4.39 Å². The van der Waals surface area contributed by atoms with Crippen LogP contribution < -0.4 is 14.8 Å². The SMILES string of the molecule is CCOc1ncccc1C(=O)NC1CCC(Oc2ncc(F)cn2)CC1. The number of hydrogen-bond donors (Lipinski definition) is 1. The summed E-state index contributed by atoms with van der Waals surface area (Å²) in [5, 5.41) is 3.03. The highest BCUT2D eigenvalue weighted by atomic mass is 19.1. The number of aromatic nitrogens is 3. The normalized spacial score (nSPS) is 19.6. The lowest BCUT2D eigenvalue weighted by atomic mass is 9.93. The first-order chi connectivity index (χ1) is 12.7. The first-order valence-electron chi connectivity index (χ1n) is 8.68. The molecule has 138 valence electrons. The van der Waals surface area contributed by atoms with Crippen LogP contribution in [-0.4, -0.2) is 39.6 Å². The largest absolute Gasteiger partial charge is 0.477 e. The van der Waals surface area contributed by atoms with Gasteiger partial charge >= 0.3 is 6.01 Å². The average Bonchev–Trinajstić information content (AvgIpc) is 2.66. The van der Waals surface area contributed by atoms with Crippen LogP contribution in [0.25, 0.3) is 0 Å². The van der Waals surface area contributed by atoms with E-state index in [4.69, 9.17) is 9.47 Å². The van der Waals surface area contributed by atoms with Crippen molar-refractivity contribution < 1.29 is 18.7 Å². The first-order valence-corrected chi connectivity index (χ1v) is 8.68. The van der Waals surface area contributed by atoms with Crippen molar-refractivity contribution in [3.05, 3.63) is 42.1 Å². The van der Waals surface area contributed by atoms with E-state index in [1.165, 1.54) is 0 Å². The van der Waals surface area contributed by atoms with Gasteiger partial charge in [0.15, 0.2) is 5.82 Å². The number of amides is 1. The molecule has 26 heavy (non-hydrogen) atoms. The molecule has 0 spiro atoms. The van der Waals surface area contributed by atoms with E-state index in [0.717, 1.165) is 38.1 Å². The lowest BCUT2D eigenvalue weighted by Crippen LogP contribution is -2.40. The molecule has 1 aliphatic rings. The van der Waals surface area contributed by atoms with Crippen molar-refractivity contribution in [2.45, 2.75) is 44.8 Å². The molecule has 0 saturated heterocycles. The van der Waals surface area contributed by atoms with Crippen molar-refractivity contribution in [2.75, 3.05) is 6.61 Å². The standard InChI is InChI=1S/C18H21FN4O3/c1-2-25-17-15(4-3-9-20-17)16(24)23-13-5-7-14(8-6-13)26-18-21-10-12(19)11-22-18/h3-4,9-11,13-14H,2,5-8H2,1H3,(H,23,24). The van der Waals surface area contributed by atoms with Gasteiger partial charge in [-0.2, -0.15) is 0 Å². The fourth-order valence-electron chi connectivity index (χ4n) is 2.91. The summed E-state index contributed by atoms with van der Waals surface area (Å²) in [6.07, 6.45) is 6.81. The number of rotatable bonds is 6. The van der Waals surface area contributed by atoms with E-state index in [1.54, 1.807) is 18.3 Å². The second-order valence-corrected chi connectivity index (χ2v) is 6.04. The summed E-state index contributed by atoms with van der Waals surface area (Å²) in [5.74, 6) is -0.337. The zero-order valence-corrected chi connectivity index (χ0v) is 14.5. The van der Waals surface area contributed by atoms with E-state index in [-0.39, 0.29) is 24.1 Å². The third-order valence-electron chi connectivity index (χ3n) is 4.17. The maximum atomic E-state index is 12.8. The molecule has 2 aromatic heterocycles. The van der Waals surface area contributed by atoms with E-state index in [2.05, 4.69) is 20.3 Å². The Bertz CT molecular complexity index is 733. The van der Waals surface area contributed by atoms with Crippen LogP contribution in [0.1, 0.15) is 43.0 Å². The molecule has 3 rings (SSSR count). The molecular formula is C18H21FN4O3. The van der Waals surface area contributed by atoms with Gasteiger partial charge in [0.1, 0.15) is 11.7 Å². The van der Waals surface area contributed by atoms with Gasteiger partial charge in [0.2, 0.25) is 5.88 Å². The van der Waals surface area contributed by atoms with Crippen LogP contribution >= 0.6 is 0 Å². The van der Waals surface area contributed by atoms with Gasteiger partial charge in [0.25, 0.3) is 5.91 Å². The summed E-state index contributed by atoms with van der Waals surface area (Å²) in [6.45, 7) is 2.30. The lowest BCUT2D eigenvalue weighted by molar-refractivity contribution is 0.0880. The Balaban J connectivity index is 1.51. The maximum Gasteiger partial charge on any atom is 0.316 e. The van der Waals surface area contributed by atoms with Crippen molar-refractivity contribution in [3.8, 4) is 11.9 Å². The van der Waals surface area contributed by atoms with Crippen molar-refractivity contribution in [3.63, 3.8) is 0 Å². The predicted octanol–water partition coefficient (Wildman–Crippen LogP) is 2.53. The molecule has 1 N–H and O–H groups in total. The molecule has 8 heteroatoms. The molecule has 2 heterocycles. The monoisotopic (exact) mass is 360 g/mol. The molecule has 0 bridgehead atoms. The number of carbonyl (C=O) groups is 1. The number of nitrogens with one attached hydrogen (secondary N) is 1. The van der Waals surface area contributed by atoms with Crippen LogP contribution in [0.15, 0.2) is 30.7 Å². The summed E-state index contributed by atoms with van der Waals surface area (Å²) in [7, 11) is 0. The fourth-order valence-corrected chi connectivity index (χ4v) is 2.91. The van der Waals surface area contributed by atoms with Crippen molar-refractivity contribution in [1.29, 1.82) is 0 Å². The summed E-state index contributed by atoms with van der Waals surface area (Å²) >= 11 is 0. The Hall–Kier alpha value is -2.77. The average molecular weight is 360 g/mol. The molecule has 1 aliphatic carbocycles. The predicted molar refractivity (Wildman–Crippen MR) is 91.5 cm³/mol. The summed E-state index contributed by atoms with van der Waals surface area (Å²) in [6, 6.07) is 3.65. The minimum atomic E-state index is -0.495. The van der Waals surface area contributed by atoms with E-state index in [9.17, 15) is 9.18 Å². The molecule has 0 aromatic carbocycles. The van der Waals surface area contributed by atoms with Gasteiger partial charge in [0, 0.05) is 12.2 Å². The Labute approximate surface area is 151 Å². The van der Waals surface area contributed by atoms with E-state index < -0.39 is 5.82 Å². The van der Waals surface area contributed by atoms with Gasteiger partial charge in [-0.3, -0.25) is 4.79 Å². The number of halogens is 1. The van der Waals surface area contributed by atoms with Crippen molar-refractivity contribution in [1.82, 2.24) is 20.3 Å². The minimum absolute atomic E-state index is 0.0361. The van der Waals surface area contributed by atoms with Gasteiger partial charge in [-0.25, -0.2) is 19.3 Å². The van der Waals surface area contributed by atoms with Gasteiger partial charge in [-0.15, -0.1) is 0 Å². The highest BCUT2D eigenvalue weighted by Gasteiger charge is 2.25. The molecule has 1 amide bonds. The Morgan fingerprint density at radius 3 is 2.65 bits per heavy atom. The molecule has 2 aromatic rings. The van der Waals surface area contributed by atoms with Crippen LogP contribution in [0.2, 0.25) is 0 Å². The van der Waals surface area contributed by atoms with E-state index in [1.807, 2.05) is 6.92 Å². The maximum absolute atomic E-state index is 12.8. The Morgan fingerprint density at radius 2 is 1.96 bits per heavy atom. The first kappa shape index (κ1) is 18.0. The van der Waals surface area contributed by atoms with Gasteiger partial charge < -0.3 is 14.8 Å². The second kappa shape index (κ2) is 8.55. The lowest BCUT2D eigenvalue weighted by Gasteiger charge is -2.28. The zero-order chi connectivity index (χ0) is 18.4. The number of pyridine rings is 1. The number of carbonyl (C=O) groups excluding carboxylic acids is 1. The van der Waals surface area contributed by atoms with E-state index in [0.29, 0.717) is 18.1 Å². The number of ether oxygens (including phenoxy) is 2.